The first kappa shape index (κ1) is 12.9. The second-order valence-corrected chi connectivity index (χ2v) is 3.50. The molecule has 0 bridgehead atoms. The van der Waals surface area contributed by atoms with E-state index in [4.69, 9.17) is 10.6 Å². The highest BCUT2D eigenvalue weighted by Crippen LogP contribution is 2.09. The number of hydrogen-bond acceptors (Lipinski definition) is 3. The van der Waals surface area contributed by atoms with Crippen LogP contribution in [0.15, 0.2) is 29.4 Å². The lowest BCUT2D eigenvalue weighted by molar-refractivity contribution is -0.120. The van der Waals surface area contributed by atoms with Crippen LogP contribution < -0.4 is 5.32 Å². The Kier molecular flexibility index (Phi) is 5.40. The average molecular weight is 234 g/mol. The number of azide groups is 1. The van der Waals surface area contributed by atoms with Crippen molar-refractivity contribution in [3.63, 3.8) is 0 Å². The van der Waals surface area contributed by atoms with E-state index in [9.17, 15) is 4.79 Å². The molecule has 1 aromatic carbocycles. The zero-order valence-electron chi connectivity index (χ0n) is 9.33. The molecule has 0 atom stereocenters. The molecule has 17 heavy (non-hydrogen) atoms. The van der Waals surface area contributed by atoms with Gasteiger partial charge in [0.1, 0.15) is 5.75 Å². The van der Waals surface area contributed by atoms with Crippen LogP contribution in [0.2, 0.25) is 0 Å². The molecule has 0 aromatic heterocycles. The van der Waals surface area contributed by atoms with Crippen LogP contribution >= 0.6 is 0 Å². The molecule has 0 aliphatic rings. The number of phenolic OH excluding ortho intramolecular Hbond substituents is 1. The highest BCUT2D eigenvalue weighted by Gasteiger charge is 2.02. The number of nitrogens with one attached hydrogen (secondary N) is 1. The second kappa shape index (κ2) is 7.14. The van der Waals surface area contributed by atoms with Gasteiger partial charge in [0.05, 0.1) is 6.42 Å². The predicted octanol–water partition coefficient (Wildman–Crippen LogP) is 1.75. The van der Waals surface area contributed by atoms with Gasteiger partial charge in [0.15, 0.2) is 0 Å². The van der Waals surface area contributed by atoms with Gasteiger partial charge in [-0.05, 0) is 29.6 Å². The number of carbonyl (C=O) groups excluding carboxylic acids is 1. The number of nitrogens with zero attached hydrogens (tertiary/aromatic N) is 3. The molecule has 6 heteroatoms. The molecular formula is C11H14N4O2. The minimum Gasteiger partial charge on any atom is -0.508 e. The van der Waals surface area contributed by atoms with E-state index in [2.05, 4.69) is 15.3 Å². The lowest BCUT2D eigenvalue weighted by atomic mass is 10.1. The van der Waals surface area contributed by atoms with Crippen LogP contribution in [-0.4, -0.2) is 24.1 Å². The van der Waals surface area contributed by atoms with Gasteiger partial charge in [0.2, 0.25) is 5.91 Å². The maximum atomic E-state index is 11.5. The Morgan fingerprint density at radius 2 is 2.12 bits per heavy atom. The number of phenols is 1. The van der Waals surface area contributed by atoms with E-state index < -0.39 is 0 Å². The van der Waals surface area contributed by atoms with Crippen LogP contribution in [-0.2, 0) is 11.2 Å². The first-order chi connectivity index (χ1) is 8.22. The summed E-state index contributed by atoms with van der Waals surface area (Å²) in [6, 6.07) is 6.50. The van der Waals surface area contributed by atoms with Crippen molar-refractivity contribution in [2.75, 3.05) is 13.1 Å². The molecule has 6 nitrogen and oxygen atoms in total. The summed E-state index contributed by atoms with van der Waals surface area (Å²) in [6.45, 7) is 0.881. The van der Waals surface area contributed by atoms with Crippen molar-refractivity contribution >= 4 is 5.91 Å². The number of aromatic hydroxyl groups is 1. The Morgan fingerprint density at radius 1 is 1.41 bits per heavy atom. The molecule has 0 saturated heterocycles. The van der Waals surface area contributed by atoms with Crippen LogP contribution in [0.3, 0.4) is 0 Å². The van der Waals surface area contributed by atoms with E-state index in [1.165, 1.54) is 0 Å². The van der Waals surface area contributed by atoms with Gasteiger partial charge in [-0.1, -0.05) is 17.2 Å². The van der Waals surface area contributed by atoms with Crippen LogP contribution in [0.25, 0.3) is 10.4 Å². The summed E-state index contributed by atoms with van der Waals surface area (Å²) in [6.07, 6.45) is 0.910. The van der Waals surface area contributed by atoms with Gasteiger partial charge < -0.3 is 10.4 Å². The highest BCUT2D eigenvalue weighted by molar-refractivity contribution is 5.78. The summed E-state index contributed by atoms with van der Waals surface area (Å²) in [5, 5.41) is 15.2. The largest absolute Gasteiger partial charge is 0.508 e. The lowest BCUT2D eigenvalue weighted by Crippen LogP contribution is -2.26. The quantitative estimate of drug-likeness (QED) is 0.339. The van der Waals surface area contributed by atoms with Gasteiger partial charge in [-0.2, -0.15) is 0 Å². The molecule has 1 aromatic rings. The molecule has 1 rings (SSSR count). The summed E-state index contributed by atoms with van der Waals surface area (Å²) < 4.78 is 0. The summed E-state index contributed by atoms with van der Waals surface area (Å²) in [4.78, 5) is 14.1. The minimum atomic E-state index is -0.0865. The fraction of sp³-hybridized carbons (Fsp3) is 0.364. The fourth-order valence-corrected chi connectivity index (χ4v) is 1.28. The monoisotopic (exact) mass is 234 g/mol. The smallest absolute Gasteiger partial charge is 0.224 e. The molecule has 0 fully saturated rings. The summed E-state index contributed by atoms with van der Waals surface area (Å²) in [5.41, 5.74) is 8.89. The van der Waals surface area contributed by atoms with E-state index in [0.29, 0.717) is 19.5 Å². The molecule has 0 heterocycles. The Bertz CT molecular complexity index is 410. The third-order valence-corrected chi connectivity index (χ3v) is 2.12. The van der Waals surface area contributed by atoms with E-state index in [0.717, 1.165) is 5.56 Å². The van der Waals surface area contributed by atoms with Gasteiger partial charge in [0.25, 0.3) is 0 Å². The van der Waals surface area contributed by atoms with Crippen molar-refractivity contribution in [3.8, 4) is 5.75 Å². The van der Waals surface area contributed by atoms with Crippen LogP contribution in [0.4, 0.5) is 0 Å². The SMILES string of the molecule is [N-]=[N+]=NCCCNC(=O)Cc1ccc(O)cc1. The number of rotatable bonds is 6. The number of benzene rings is 1. The predicted molar refractivity (Wildman–Crippen MR) is 63.5 cm³/mol. The van der Waals surface area contributed by atoms with Crippen LogP contribution in [0.1, 0.15) is 12.0 Å². The normalized spacial score (nSPS) is 9.41. The van der Waals surface area contributed by atoms with Crippen molar-refractivity contribution < 1.29 is 9.90 Å². The number of hydrogen-bond donors (Lipinski definition) is 2. The van der Waals surface area contributed by atoms with Gasteiger partial charge in [-0.3, -0.25) is 4.79 Å². The van der Waals surface area contributed by atoms with E-state index in [1.54, 1.807) is 24.3 Å². The summed E-state index contributed by atoms with van der Waals surface area (Å²) in [7, 11) is 0. The Morgan fingerprint density at radius 3 is 2.76 bits per heavy atom. The van der Waals surface area contributed by atoms with E-state index >= 15 is 0 Å². The molecule has 0 aliphatic heterocycles. The van der Waals surface area contributed by atoms with Gasteiger partial charge in [0, 0.05) is 18.0 Å². The zero-order valence-corrected chi connectivity index (χ0v) is 9.33. The third-order valence-electron chi connectivity index (χ3n) is 2.12. The highest BCUT2D eigenvalue weighted by atomic mass is 16.3. The molecule has 0 unspecified atom stereocenters. The zero-order chi connectivity index (χ0) is 12.5. The second-order valence-electron chi connectivity index (χ2n) is 3.50. The Hall–Kier alpha value is -2.20. The average Bonchev–Trinajstić information content (AvgIpc) is 2.32. The first-order valence-electron chi connectivity index (χ1n) is 5.28. The van der Waals surface area contributed by atoms with Gasteiger partial charge >= 0.3 is 0 Å². The van der Waals surface area contributed by atoms with Crippen LogP contribution in [0.5, 0.6) is 5.75 Å². The molecular weight excluding hydrogens is 220 g/mol. The van der Waals surface area contributed by atoms with E-state index in [1.807, 2.05) is 0 Å². The van der Waals surface area contributed by atoms with Crippen molar-refractivity contribution in [2.45, 2.75) is 12.8 Å². The number of amides is 1. The van der Waals surface area contributed by atoms with Crippen molar-refractivity contribution in [1.29, 1.82) is 0 Å². The molecule has 90 valence electrons. The molecule has 0 spiro atoms. The standard InChI is InChI=1S/C11H14N4O2/c12-15-14-7-1-6-13-11(17)8-9-2-4-10(16)5-3-9/h2-5,16H,1,6-8H2,(H,13,17). The first-order valence-corrected chi connectivity index (χ1v) is 5.28. The molecule has 1 amide bonds. The van der Waals surface area contributed by atoms with Crippen molar-refractivity contribution in [2.24, 2.45) is 5.11 Å². The molecule has 0 radical (unpaired) electrons. The van der Waals surface area contributed by atoms with Crippen molar-refractivity contribution in [1.82, 2.24) is 5.32 Å². The van der Waals surface area contributed by atoms with Crippen molar-refractivity contribution in [3.05, 3.63) is 40.3 Å². The fourth-order valence-electron chi connectivity index (χ4n) is 1.28. The maximum Gasteiger partial charge on any atom is 0.224 e. The topological polar surface area (TPSA) is 98.1 Å². The van der Waals surface area contributed by atoms with Gasteiger partial charge in [-0.15, -0.1) is 0 Å². The molecule has 0 aliphatic carbocycles. The molecule has 2 N–H and O–H groups in total. The number of carbonyl (C=O) groups is 1. The summed E-state index contributed by atoms with van der Waals surface area (Å²) in [5.74, 6) is 0.0974. The van der Waals surface area contributed by atoms with Gasteiger partial charge in [-0.25, -0.2) is 0 Å². The lowest BCUT2D eigenvalue weighted by Gasteiger charge is -2.04. The maximum absolute atomic E-state index is 11.5. The van der Waals surface area contributed by atoms with Crippen LogP contribution in [0, 0.1) is 0 Å². The third kappa shape index (κ3) is 5.44. The Labute approximate surface area is 98.9 Å². The molecule has 0 saturated carbocycles. The summed E-state index contributed by atoms with van der Waals surface area (Å²) >= 11 is 0. The van der Waals surface area contributed by atoms with E-state index in [-0.39, 0.29) is 18.1 Å². The Balaban J connectivity index is 2.25. The minimum absolute atomic E-state index is 0.0865.